The third-order valence-corrected chi connectivity index (χ3v) is 2.92. The summed E-state index contributed by atoms with van der Waals surface area (Å²) in [6, 6.07) is 2.02. The quantitative estimate of drug-likeness (QED) is 0.796. The van der Waals surface area contributed by atoms with Crippen molar-refractivity contribution >= 4 is 23.2 Å². The van der Waals surface area contributed by atoms with E-state index in [-0.39, 0.29) is 6.04 Å². The lowest BCUT2D eigenvalue weighted by molar-refractivity contribution is 0.459. The van der Waals surface area contributed by atoms with Crippen molar-refractivity contribution < 1.29 is 4.74 Å². The van der Waals surface area contributed by atoms with Gasteiger partial charge in [0.05, 0.1) is 12.4 Å². The lowest BCUT2D eigenvalue weighted by atomic mass is 10.3. The number of halogens is 2. The summed E-state index contributed by atoms with van der Waals surface area (Å²) in [5.41, 5.74) is 0.854. The molecule has 2 aromatic rings. The zero-order chi connectivity index (χ0) is 13.1. The number of alkyl halides is 1. The minimum Gasteiger partial charge on any atom is -0.434 e. The van der Waals surface area contributed by atoms with Crippen molar-refractivity contribution in [1.29, 1.82) is 0 Å². The van der Waals surface area contributed by atoms with Gasteiger partial charge in [0.15, 0.2) is 5.75 Å². The average Bonchev–Trinajstić information content (AvgIpc) is 2.80. The minimum absolute atomic E-state index is 0.282. The summed E-state index contributed by atoms with van der Waals surface area (Å²) in [4.78, 5) is 4.12. The lowest BCUT2D eigenvalue weighted by Crippen LogP contribution is -1.99. The predicted molar refractivity (Wildman–Crippen MR) is 71.5 cm³/mol. The van der Waals surface area contributed by atoms with Gasteiger partial charge in [-0.15, -0.1) is 11.6 Å². The average molecular weight is 286 g/mol. The van der Waals surface area contributed by atoms with Gasteiger partial charge >= 0.3 is 0 Å². The molecule has 0 amide bonds. The normalized spacial score (nSPS) is 10.9. The molecule has 6 heteroatoms. The summed E-state index contributed by atoms with van der Waals surface area (Å²) < 4.78 is 7.37. The van der Waals surface area contributed by atoms with Gasteiger partial charge < -0.3 is 4.74 Å². The van der Waals surface area contributed by atoms with E-state index < -0.39 is 0 Å². The second kappa shape index (κ2) is 5.59. The molecule has 2 rings (SSSR count). The molecule has 2 aromatic heterocycles. The van der Waals surface area contributed by atoms with Crippen LogP contribution in [0.1, 0.15) is 25.5 Å². The van der Waals surface area contributed by atoms with Crippen LogP contribution in [0.3, 0.4) is 0 Å². The number of hydrogen-bond donors (Lipinski definition) is 0. The molecular formula is C12H13Cl2N3O. The van der Waals surface area contributed by atoms with Gasteiger partial charge in [-0.05, 0) is 25.5 Å². The molecule has 0 aromatic carbocycles. The van der Waals surface area contributed by atoms with E-state index in [1.54, 1.807) is 29.3 Å². The number of rotatable bonds is 4. The van der Waals surface area contributed by atoms with Crippen molar-refractivity contribution in [3.05, 3.63) is 35.2 Å². The van der Waals surface area contributed by atoms with Crippen LogP contribution in [0.5, 0.6) is 11.6 Å². The number of aromatic nitrogens is 3. The zero-order valence-electron chi connectivity index (χ0n) is 10.1. The highest BCUT2D eigenvalue weighted by atomic mass is 35.5. The summed E-state index contributed by atoms with van der Waals surface area (Å²) in [7, 11) is 0. The van der Waals surface area contributed by atoms with Gasteiger partial charge in [-0.3, -0.25) is 4.68 Å². The Morgan fingerprint density at radius 1 is 1.39 bits per heavy atom. The smallest absolute Gasteiger partial charge is 0.238 e. The van der Waals surface area contributed by atoms with Crippen LogP contribution in [-0.2, 0) is 5.88 Å². The number of pyridine rings is 1. The maximum Gasteiger partial charge on any atom is 0.238 e. The van der Waals surface area contributed by atoms with Crippen LogP contribution in [-0.4, -0.2) is 14.8 Å². The highest BCUT2D eigenvalue weighted by molar-refractivity contribution is 6.32. The van der Waals surface area contributed by atoms with Crippen LogP contribution in [0.15, 0.2) is 24.7 Å². The van der Waals surface area contributed by atoms with Gasteiger partial charge in [0, 0.05) is 18.1 Å². The van der Waals surface area contributed by atoms with Gasteiger partial charge in [0.25, 0.3) is 0 Å². The molecule has 0 saturated carbocycles. The first-order valence-corrected chi connectivity index (χ1v) is 6.44. The molecule has 0 spiro atoms. The van der Waals surface area contributed by atoms with Crippen LogP contribution in [0, 0.1) is 0 Å². The topological polar surface area (TPSA) is 39.9 Å². The van der Waals surface area contributed by atoms with E-state index in [1.807, 2.05) is 13.8 Å². The Morgan fingerprint density at radius 2 is 2.17 bits per heavy atom. The molecule has 0 aliphatic rings. The molecule has 0 N–H and O–H groups in total. The van der Waals surface area contributed by atoms with E-state index in [2.05, 4.69) is 10.1 Å². The zero-order valence-corrected chi connectivity index (χ0v) is 11.6. The van der Waals surface area contributed by atoms with E-state index in [0.717, 1.165) is 5.56 Å². The van der Waals surface area contributed by atoms with Crippen molar-refractivity contribution in [2.24, 2.45) is 0 Å². The van der Waals surface area contributed by atoms with E-state index in [4.69, 9.17) is 27.9 Å². The van der Waals surface area contributed by atoms with Gasteiger partial charge in [0.2, 0.25) is 5.88 Å². The van der Waals surface area contributed by atoms with Gasteiger partial charge in [0.1, 0.15) is 5.02 Å². The fourth-order valence-corrected chi connectivity index (χ4v) is 1.75. The summed E-state index contributed by atoms with van der Waals surface area (Å²) in [5, 5.41) is 4.61. The lowest BCUT2D eigenvalue weighted by Gasteiger charge is -2.05. The Bertz CT molecular complexity index is 540. The SMILES string of the molecule is CC(C)n1cc(Oc2ncc(CCl)cc2Cl)cn1. The van der Waals surface area contributed by atoms with Crippen LogP contribution in [0.2, 0.25) is 5.02 Å². The molecule has 18 heavy (non-hydrogen) atoms. The molecule has 0 saturated heterocycles. The Morgan fingerprint density at radius 3 is 2.72 bits per heavy atom. The molecule has 96 valence electrons. The molecule has 0 unspecified atom stereocenters. The standard InChI is InChI=1S/C12H13Cl2N3O/c1-8(2)17-7-10(6-16-17)18-12-11(14)3-9(4-13)5-15-12/h3,5-8H,4H2,1-2H3. The van der Waals surface area contributed by atoms with Crippen LogP contribution in [0.25, 0.3) is 0 Å². The first-order chi connectivity index (χ1) is 8.60. The first kappa shape index (κ1) is 13.2. The monoisotopic (exact) mass is 285 g/mol. The second-order valence-electron chi connectivity index (χ2n) is 4.12. The number of nitrogens with zero attached hydrogens (tertiary/aromatic N) is 3. The largest absolute Gasteiger partial charge is 0.434 e. The van der Waals surface area contributed by atoms with Crippen LogP contribution >= 0.6 is 23.2 Å². The van der Waals surface area contributed by atoms with Crippen molar-refractivity contribution in [2.45, 2.75) is 25.8 Å². The van der Waals surface area contributed by atoms with Crippen LogP contribution in [0.4, 0.5) is 0 Å². The molecule has 0 aliphatic heterocycles. The second-order valence-corrected chi connectivity index (χ2v) is 4.79. The molecule has 0 fully saturated rings. The molecule has 0 atom stereocenters. The van der Waals surface area contributed by atoms with E-state index in [9.17, 15) is 0 Å². The van der Waals surface area contributed by atoms with Crippen molar-refractivity contribution in [3.8, 4) is 11.6 Å². The van der Waals surface area contributed by atoms with Crippen molar-refractivity contribution in [2.75, 3.05) is 0 Å². The number of hydrogen-bond acceptors (Lipinski definition) is 3. The Labute approximate surface area is 115 Å². The maximum atomic E-state index is 6.05. The summed E-state index contributed by atoms with van der Waals surface area (Å²) in [6.45, 7) is 4.08. The highest BCUT2D eigenvalue weighted by Gasteiger charge is 2.08. The van der Waals surface area contributed by atoms with Gasteiger partial charge in [-0.25, -0.2) is 4.98 Å². The summed E-state index contributed by atoms with van der Waals surface area (Å²) >= 11 is 11.8. The maximum absolute atomic E-state index is 6.05. The number of ether oxygens (including phenoxy) is 1. The van der Waals surface area contributed by atoms with E-state index in [1.165, 1.54) is 0 Å². The van der Waals surface area contributed by atoms with Gasteiger partial charge in [-0.1, -0.05) is 11.6 Å². The van der Waals surface area contributed by atoms with E-state index in [0.29, 0.717) is 22.5 Å². The Balaban J connectivity index is 2.17. The first-order valence-electron chi connectivity index (χ1n) is 5.52. The fourth-order valence-electron chi connectivity index (χ4n) is 1.38. The summed E-state index contributed by atoms with van der Waals surface area (Å²) in [5.74, 6) is 1.34. The van der Waals surface area contributed by atoms with Crippen molar-refractivity contribution in [3.63, 3.8) is 0 Å². The van der Waals surface area contributed by atoms with Crippen LogP contribution < -0.4 is 4.74 Å². The molecule has 0 aliphatic carbocycles. The Kier molecular flexibility index (Phi) is 4.09. The fraction of sp³-hybridized carbons (Fsp3) is 0.333. The minimum atomic E-state index is 0.282. The molecule has 0 radical (unpaired) electrons. The predicted octanol–water partition coefficient (Wildman–Crippen LogP) is 4.04. The molecule has 4 nitrogen and oxygen atoms in total. The molecular weight excluding hydrogens is 273 g/mol. The third kappa shape index (κ3) is 2.94. The van der Waals surface area contributed by atoms with Gasteiger partial charge in [-0.2, -0.15) is 5.10 Å². The molecule has 0 bridgehead atoms. The Hall–Kier alpha value is -1.26. The van der Waals surface area contributed by atoms with E-state index >= 15 is 0 Å². The highest BCUT2D eigenvalue weighted by Crippen LogP contribution is 2.28. The third-order valence-electron chi connectivity index (χ3n) is 2.34. The summed E-state index contributed by atoms with van der Waals surface area (Å²) in [6.07, 6.45) is 5.08. The van der Waals surface area contributed by atoms with Crippen molar-refractivity contribution in [1.82, 2.24) is 14.8 Å². The molecule has 2 heterocycles.